The Morgan fingerprint density at radius 3 is 2.20 bits per heavy atom. The monoisotopic (exact) mass is 626 g/mol. The highest BCUT2D eigenvalue weighted by molar-refractivity contribution is 6.38. The van der Waals surface area contributed by atoms with E-state index in [-0.39, 0.29) is 30.7 Å². The summed E-state index contributed by atoms with van der Waals surface area (Å²) in [6.07, 6.45) is 0. The molecule has 45 heavy (non-hydrogen) atoms. The van der Waals surface area contributed by atoms with Crippen molar-refractivity contribution < 1.29 is 19.2 Å². The third-order valence-electron chi connectivity index (χ3n) is 7.81. The van der Waals surface area contributed by atoms with Gasteiger partial charge in [0.05, 0.1) is 29.2 Å². The molecular weight excluding hydrogens is 596 g/mol. The Morgan fingerprint density at radius 1 is 0.844 bits per heavy atom. The van der Waals surface area contributed by atoms with E-state index in [1.807, 2.05) is 18.2 Å². The highest BCUT2D eigenvalue weighted by atomic mass is 35.5. The smallest absolute Gasteiger partial charge is 0.273 e. The molecule has 12 nitrogen and oxygen atoms in total. The maximum absolute atomic E-state index is 13.2. The minimum Gasteiger partial charge on any atom is -0.349 e. The van der Waals surface area contributed by atoms with Gasteiger partial charge in [-0.05, 0) is 50.5 Å². The largest absolute Gasteiger partial charge is 0.349 e. The maximum Gasteiger partial charge on any atom is 0.273 e. The van der Waals surface area contributed by atoms with E-state index in [2.05, 4.69) is 16.0 Å². The minimum atomic E-state index is -0.391. The second-order valence-corrected chi connectivity index (χ2v) is 11.5. The van der Waals surface area contributed by atoms with Crippen LogP contribution in [0.1, 0.15) is 36.9 Å². The number of likely N-dealkylation sites (N-methyl/N-ethyl adjacent to an activating group) is 1. The predicted molar refractivity (Wildman–Crippen MR) is 172 cm³/mol. The van der Waals surface area contributed by atoms with Crippen molar-refractivity contribution in [3.05, 3.63) is 88.2 Å². The van der Waals surface area contributed by atoms with Crippen molar-refractivity contribution in [1.29, 1.82) is 0 Å². The molecule has 0 fully saturated rings. The number of hydrogen-bond donors (Lipinski definition) is 3. The van der Waals surface area contributed by atoms with Gasteiger partial charge in [-0.25, -0.2) is 0 Å². The summed E-state index contributed by atoms with van der Waals surface area (Å²) in [5.41, 5.74) is 3.87. The first-order valence-electron chi connectivity index (χ1n) is 14.2. The van der Waals surface area contributed by atoms with Gasteiger partial charge in [-0.2, -0.15) is 5.10 Å². The van der Waals surface area contributed by atoms with Crippen LogP contribution in [0, 0.1) is 0 Å². The van der Waals surface area contributed by atoms with Crippen molar-refractivity contribution in [2.24, 2.45) is 14.1 Å². The van der Waals surface area contributed by atoms with Gasteiger partial charge in [0.15, 0.2) is 5.78 Å². The number of carbonyl (C=O) groups excluding carboxylic acids is 4. The van der Waals surface area contributed by atoms with Crippen LogP contribution in [0.3, 0.4) is 0 Å². The molecule has 5 aromatic rings. The lowest BCUT2D eigenvalue weighted by Gasteiger charge is -2.15. The average Bonchev–Trinajstić information content (AvgIpc) is 3.67. The van der Waals surface area contributed by atoms with Crippen LogP contribution in [0.25, 0.3) is 22.2 Å². The summed E-state index contributed by atoms with van der Waals surface area (Å²) < 4.78 is 4.97. The Bertz CT molecular complexity index is 2020. The quantitative estimate of drug-likeness (QED) is 0.224. The van der Waals surface area contributed by atoms with Gasteiger partial charge in [0, 0.05) is 37.2 Å². The van der Waals surface area contributed by atoms with E-state index < -0.39 is 5.91 Å². The number of ketones is 1. The summed E-state index contributed by atoms with van der Waals surface area (Å²) >= 11 is 6.39. The third-order valence-corrected chi connectivity index (χ3v) is 8.12. The molecule has 3 N–H and O–H groups in total. The lowest BCUT2D eigenvalue weighted by Crippen LogP contribution is -2.29. The predicted octanol–water partition coefficient (Wildman–Crippen LogP) is 3.76. The van der Waals surface area contributed by atoms with Gasteiger partial charge in [-0.3, -0.25) is 23.9 Å². The number of rotatable bonds is 9. The fraction of sp³-hybridized carbons (Fsp3) is 0.219. The van der Waals surface area contributed by atoms with Crippen molar-refractivity contribution >= 4 is 57.6 Å². The topological polar surface area (TPSA) is 135 Å². The molecule has 1 aliphatic rings. The molecule has 3 aromatic heterocycles. The molecule has 6 rings (SSSR count). The van der Waals surface area contributed by atoms with Crippen molar-refractivity contribution in [3.8, 4) is 11.3 Å². The number of amides is 3. The van der Waals surface area contributed by atoms with Crippen LogP contribution in [-0.2, 0) is 25.4 Å². The molecule has 0 aliphatic heterocycles. The molecule has 3 heterocycles. The van der Waals surface area contributed by atoms with E-state index in [0.717, 1.165) is 10.9 Å². The second-order valence-electron chi connectivity index (χ2n) is 11.1. The number of benzene rings is 2. The first kappa shape index (κ1) is 29.9. The SMILES string of the molecule is CN(C)CC(=O)Nc1ccc(C(=O)Nc2ccc(C(=O)NCCn3nc4c5c(cccc53)C(=O)c3c(Cl)cccc3-4)n2C)n1C. The van der Waals surface area contributed by atoms with E-state index in [9.17, 15) is 19.2 Å². The van der Waals surface area contributed by atoms with E-state index in [4.69, 9.17) is 16.7 Å². The van der Waals surface area contributed by atoms with Gasteiger partial charge in [-0.15, -0.1) is 0 Å². The number of nitrogens with zero attached hydrogens (tertiary/aromatic N) is 5. The van der Waals surface area contributed by atoms with Crippen LogP contribution in [0.4, 0.5) is 11.6 Å². The van der Waals surface area contributed by atoms with Crippen molar-refractivity contribution in [2.75, 3.05) is 37.8 Å². The summed E-state index contributed by atoms with van der Waals surface area (Å²) in [5.74, 6) is -0.114. The molecule has 1 aliphatic carbocycles. The van der Waals surface area contributed by atoms with Gasteiger partial charge in [-0.1, -0.05) is 35.9 Å². The first-order chi connectivity index (χ1) is 21.5. The lowest BCUT2D eigenvalue weighted by molar-refractivity contribution is -0.116. The Labute approximate surface area is 263 Å². The van der Waals surface area contributed by atoms with Gasteiger partial charge in [0.25, 0.3) is 11.8 Å². The second kappa shape index (κ2) is 11.7. The molecule has 3 amide bonds. The Morgan fingerprint density at radius 2 is 1.49 bits per heavy atom. The highest BCUT2D eigenvalue weighted by Crippen LogP contribution is 2.41. The summed E-state index contributed by atoms with van der Waals surface area (Å²) in [7, 11) is 6.97. The zero-order valence-corrected chi connectivity index (χ0v) is 25.9. The Balaban J connectivity index is 1.12. The number of carbonyl (C=O) groups is 4. The minimum absolute atomic E-state index is 0.132. The molecular formula is C32H31ClN8O4. The number of hydrogen-bond acceptors (Lipinski definition) is 6. The van der Waals surface area contributed by atoms with E-state index in [1.165, 1.54) is 0 Å². The maximum atomic E-state index is 13.2. The third kappa shape index (κ3) is 5.38. The van der Waals surface area contributed by atoms with Crippen molar-refractivity contribution in [1.82, 2.24) is 29.1 Å². The normalized spacial score (nSPS) is 12.0. The molecule has 0 unspecified atom stereocenters. The van der Waals surface area contributed by atoms with Crippen molar-refractivity contribution in [2.45, 2.75) is 6.54 Å². The van der Waals surface area contributed by atoms with E-state index in [1.54, 1.807) is 89.4 Å². The van der Waals surface area contributed by atoms with Crippen LogP contribution in [0.2, 0.25) is 5.02 Å². The molecule has 0 saturated heterocycles. The average molecular weight is 627 g/mol. The van der Waals surface area contributed by atoms with E-state index >= 15 is 0 Å². The van der Waals surface area contributed by atoms with E-state index in [0.29, 0.717) is 57.0 Å². The first-order valence-corrected chi connectivity index (χ1v) is 14.6. The summed E-state index contributed by atoms with van der Waals surface area (Å²) in [5, 5.41) is 14.5. The van der Waals surface area contributed by atoms with Gasteiger partial charge in [0.2, 0.25) is 5.91 Å². The molecule has 230 valence electrons. The molecule has 0 saturated carbocycles. The number of fused-ring (bicyclic) bond motifs is 2. The molecule has 0 atom stereocenters. The molecule has 13 heteroatoms. The van der Waals surface area contributed by atoms with Crippen LogP contribution in [-0.4, -0.2) is 74.5 Å². The molecule has 2 aromatic carbocycles. The zero-order chi connectivity index (χ0) is 32.0. The molecule has 0 radical (unpaired) electrons. The highest BCUT2D eigenvalue weighted by Gasteiger charge is 2.30. The number of halogens is 1. The van der Waals surface area contributed by atoms with Crippen LogP contribution >= 0.6 is 11.6 Å². The van der Waals surface area contributed by atoms with Crippen LogP contribution in [0.5, 0.6) is 0 Å². The van der Waals surface area contributed by atoms with Crippen LogP contribution < -0.4 is 16.0 Å². The fourth-order valence-electron chi connectivity index (χ4n) is 5.61. The fourth-order valence-corrected chi connectivity index (χ4v) is 5.87. The zero-order valence-electron chi connectivity index (χ0n) is 25.1. The lowest BCUT2D eigenvalue weighted by atomic mass is 9.87. The van der Waals surface area contributed by atoms with Gasteiger partial charge in [0.1, 0.15) is 28.7 Å². The Kier molecular flexibility index (Phi) is 7.77. The van der Waals surface area contributed by atoms with Crippen molar-refractivity contribution in [3.63, 3.8) is 0 Å². The summed E-state index contributed by atoms with van der Waals surface area (Å²) in [6, 6.07) is 17.4. The van der Waals surface area contributed by atoms with Gasteiger partial charge < -0.3 is 30.0 Å². The Hall–Kier alpha value is -5.20. The van der Waals surface area contributed by atoms with Gasteiger partial charge >= 0.3 is 0 Å². The summed E-state index contributed by atoms with van der Waals surface area (Å²) in [4.78, 5) is 53.3. The number of nitrogens with one attached hydrogen (secondary N) is 3. The van der Waals surface area contributed by atoms with Crippen LogP contribution in [0.15, 0.2) is 60.7 Å². The molecule has 0 bridgehead atoms. The summed E-state index contributed by atoms with van der Waals surface area (Å²) in [6.45, 7) is 0.852. The standard InChI is InChI=1S/C32H31ClN8O4/c1-38(2)17-26(42)35-24-13-12-23(40(24)4)32(45)36-25-14-11-22(39(25)3)31(44)34-15-16-41-21-10-6-8-19-28(21)29(37-41)18-7-5-9-20(33)27(18)30(19)43/h5-14H,15-17H2,1-4H3,(H,34,44)(H,35,42)(H,36,45). The number of aromatic nitrogens is 4. The molecule has 0 spiro atoms. The number of anilines is 2.